The lowest BCUT2D eigenvalue weighted by Crippen LogP contribution is -1.88. The van der Waals surface area contributed by atoms with Crippen LogP contribution in [0.1, 0.15) is 0 Å². The number of hydrogen-bond donors (Lipinski definition) is 0. The van der Waals surface area contributed by atoms with Crippen molar-refractivity contribution in [3.05, 3.63) is 46.6 Å². The summed E-state index contributed by atoms with van der Waals surface area (Å²) in [5.74, 6) is -0.379. The predicted molar refractivity (Wildman–Crippen MR) is 57.4 cm³/mol. The Morgan fingerprint density at radius 3 is 2.67 bits per heavy atom. The third kappa shape index (κ3) is 2.25. The van der Waals surface area contributed by atoms with Crippen molar-refractivity contribution < 1.29 is 4.39 Å². The summed E-state index contributed by atoms with van der Waals surface area (Å²) < 4.78 is 13.0. The molecule has 0 atom stereocenters. The Morgan fingerprint density at radius 2 is 1.93 bits per heavy atom. The van der Waals surface area contributed by atoms with Gasteiger partial charge in [0.15, 0.2) is 0 Å². The second kappa shape index (κ2) is 4.13. The van der Waals surface area contributed by atoms with Gasteiger partial charge in [0.05, 0.1) is 23.1 Å². The Hall–Kier alpha value is -1.19. The van der Waals surface area contributed by atoms with Gasteiger partial charge in [-0.15, -0.1) is 0 Å². The van der Waals surface area contributed by atoms with E-state index in [1.807, 2.05) is 0 Å². The first kappa shape index (κ1) is 10.3. The van der Waals surface area contributed by atoms with E-state index in [4.69, 9.17) is 23.2 Å². The number of benzene rings is 1. The summed E-state index contributed by atoms with van der Waals surface area (Å²) in [4.78, 5) is 7.85. The molecule has 0 aliphatic carbocycles. The van der Waals surface area contributed by atoms with Gasteiger partial charge < -0.3 is 0 Å². The number of nitrogens with zero attached hydrogens (tertiary/aromatic N) is 2. The van der Waals surface area contributed by atoms with Gasteiger partial charge >= 0.3 is 0 Å². The van der Waals surface area contributed by atoms with Crippen LogP contribution in [0.15, 0.2) is 30.6 Å². The lowest BCUT2D eigenvalue weighted by molar-refractivity contribution is 0.628. The van der Waals surface area contributed by atoms with Gasteiger partial charge in [0.25, 0.3) is 0 Å². The molecule has 0 amide bonds. The fraction of sp³-hybridized carbons (Fsp3) is 0. The lowest BCUT2D eigenvalue weighted by atomic mass is 10.1. The molecule has 1 aromatic carbocycles. The molecule has 0 bridgehead atoms. The molecule has 0 spiro atoms. The molecule has 0 saturated heterocycles. The lowest BCUT2D eigenvalue weighted by Gasteiger charge is -2.03. The van der Waals surface area contributed by atoms with Crippen LogP contribution in [0.4, 0.5) is 4.39 Å². The molecule has 76 valence electrons. The van der Waals surface area contributed by atoms with Gasteiger partial charge in [0, 0.05) is 5.56 Å². The summed E-state index contributed by atoms with van der Waals surface area (Å²) in [6, 6.07) is 4.04. The number of hydrogen-bond acceptors (Lipinski definition) is 2. The van der Waals surface area contributed by atoms with Crippen molar-refractivity contribution >= 4 is 23.2 Å². The quantitative estimate of drug-likeness (QED) is 0.764. The molecule has 15 heavy (non-hydrogen) atoms. The minimum atomic E-state index is -0.379. The van der Waals surface area contributed by atoms with Crippen LogP contribution in [-0.2, 0) is 0 Å². The molecule has 2 nitrogen and oxygen atoms in total. The van der Waals surface area contributed by atoms with Crippen molar-refractivity contribution in [2.75, 3.05) is 0 Å². The van der Waals surface area contributed by atoms with Crippen LogP contribution in [0.25, 0.3) is 11.3 Å². The first-order valence-corrected chi connectivity index (χ1v) is 4.85. The van der Waals surface area contributed by atoms with Crippen LogP contribution in [0.5, 0.6) is 0 Å². The largest absolute Gasteiger partial charge is 0.259 e. The topological polar surface area (TPSA) is 25.8 Å². The highest BCUT2D eigenvalue weighted by Gasteiger charge is 2.07. The zero-order valence-corrected chi connectivity index (χ0v) is 8.93. The Morgan fingerprint density at radius 1 is 1.13 bits per heavy atom. The van der Waals surface area contributed by atoms with Crippen molar-refractivity contribution in [2.24, 2.45) is 0 Å². The van der Waals surface area contributed by atoms with E-state index in [0.29, 0.717) is 16.3 Å². The summed E-state index contributed by atoms with van der Waals surface area (Å²) in [5.41, 5.74) is 0.929. The normalized spacial score (nSPS) is 10.3. The molecule has 0 aliphatic heterocycles. The second-order valence-electron chi connectivity index (χ2n) is 2.85. The molecule has 0 saturated carbocycles. The van der Waals surface area contributed by atoms with E-state index < -0.39 is 0 Å². The molecule has 2 rings (SSSR count). The highest BCUT2D eigenvalue weighted by Crippen LogP contribution is 2.27. The highest BCUT2D eigenvalue weighted by atomic mass is 35.5. The molecule has 1 heterocycles. The molecule has 2 aromatic rings. The third-order valence-electron chi connectivity index (χ3n) is 1.81. The first-order chi connectivity index (χ1) is 7.16. The summed E-state index contributed by atoms with van der Waals surface area (Å²) in [5, 5.41) is 0.654. The van der Waals surface area contributed by atoms with Crippen molar-refractivity contribution in [3.63, 3.8) is 0 Å². The molecule has 1 aromatic heterocycles. The maximum atomic E-state index is 13.0. The number of halogens is 3. The monoisotopic (exact) mass is 242 g/mol. The van der Waals surface area contributed by atoms with Crippen molar-refractivity contribution in [2.45, 2.75) is 0 Å². The highest BCUT2D eigenvalue weighted by molar-refractivity contribution is 6.33. The summed E-state index contributed by atoms with van der Waals surface area (Å²) in [7, 11) is 0. The molecular formula is C10H5Cl2FN2. The van der Waals surface area contributed by atoms with E-state index in [1.165, 1.54) is 30.6 Å². The average molecular weight is 243 g/mol. The average Bonchev–Trinajstić information content (AvgIpc) is 2.22. The minimum Gasteiger partial charge on any atom is -0.259 e. The Kier molecular flexibility index (Phi) is 2.84. The van der Waals surface area contributed by atoms with E-state index in [9.17, 15) is 4.39 Å². The molecular weight excluding hydrogens is 238 g/mol. The van der Waals surface area contributed by atoms with Crippen LogP contribution in [0.3, 0.4) is 0 Å². The third-order valence-corrected chi connectivity index (χ3v) is 2.32. The van der Waals surface area contributed by atoms with Gasteiger partial charge in [-0.05, 0) is 18.2 Å². The summed E-state index contributed by atoms with van der Waals surface area (Å²) >= 11 is 11.6. The van der Waals surface area contributed by atoms with Gasteiger partial charge in [-0.2, -0.15) is 0 Å². The van der Waals surface area contributed by atoms with Gasteiger partial charge in [-0.25, -0.2) is 9.37 Å². The van der Waals surface area contributed by atoms with Crippen molar-refractivity contribution in [1.29, 1.82) is 0 Å². The Labute approximate surface area is 95.7 Å². The Bertz CT molecular complexity index is 503. The smallest absolute Gasteiger partial charge is 0.148 e. The second-order valence-corrected chi connectivity index (χ2v) is 3.65. The molecule has 0 radical (unpaired) electrons. The zero-order chi connectivity index (χ0) is 10.8. The zero-order valence-electron chi connectivity index (χ0n) is 7.42. The van der Waals surface area contributed by atoms with Crippen LogP contribution in [-0.4, -0.2) is 9.97 Å². The minimum absolute atomic E-state index is 0.243. The van der Waals surface area contributed by atoms with E-state index in [-0.39, 0.29) is 11.0 Å². The molecule has 0 fully saturated rings. The maximum Gasteiger partial charge on any atom is 0.148 e. The van der Waals surface area contributed by atoms with Crippen molar-refractivity contribution in [3.8, 4) is 11.3 Å². The molecule has 0 aliphatic rings. The predicted octanol–water partition coefficient (Wildman–Crippen LogP) is 3.59. The van der Waals surface area contributed by atoms with Crippen LogP contribution in [0.2, 0.25) is 10.2 Å². The molecule has 5 heteroatoms. The van der Waals surface area contributed by atoms with E-state index in [1.54, 1.807) is 0 Å². The van der Waals surface area contributed by atoms with Gasteiger partial charge in [0.1, 0.15) is 11.0 Å². The fourth-order valence-electron chi connectivity index (χ4n) is 1.17. The number of rotatable bonds is 1. The maximum absolute atomic E-state index is 13.0. The van der Waals surface area contributed by atoms with Crippen molar-refractivity contribution in [1.82, 2.24) is 9.97 Å². The van der Waals surface area contributed by atoms with Gasteiger partial charge in [0.2, 0.25) is 0 Å². The number of aromatic nitrogens is 2. The van der Waals surface area contributed by atoms with E-state index >= 15 is 0 Å². The van der Waals surface area contributed by atoms with Crippen LogP contribution >= 0.6 is 23.2 Å². The van der Waals surface area contributed by atoms with Gasteiger partial charge in [-0.3, -0.25) is 4.98 Å². The van der Waals surface area contributed by atoms with Gasteiger partial charge in [-0.1, -0.05) is 23.2 Å². The fourth-order valence-corrected chi connectivity index (χ4v) is 1.53. The molecule has 0 N–H and O–H groups in total. The standard InChI is InChI=1S/C10H5Cl2FN2/c11-8-2-1-6(13)3-7(8)9-4-14-5-10(12)15-9/h1-5H. The molecule has 0 unspecified atom stereocenters. The summed E-state index contributed by atoms with van der Waals surface area (Å²) in [6.45, 7) is 0. The first-order valence-electron chi connectivity index (χ1n) is 4.10. The SMILES string of the molecule is Fc1ccc(Cl)c(-c2cncc(Cl)n2)c1. The van der Waals surface area contributed by atoms with E-state index in [2.05, 4.69) is 9.97 Å². The van der Waals surface area contributed by atoms with Crippen LogP contribution in [0, 0.1) is 5.82 Å². The Balaban J connectivity index is 2.58. The van der Waals surface area contributed by atoms with E-state index in [0.717, 1.165) is 0 Å². The van der Waals surface area contributed by atoms with Crippen LogP contribution < -0.4 is 0 Å². The summed E-state index contributed by atoms with van der Waals surface area (Å²) in [6.07, 6.45) is 2.88.